The van der Waals surface area contributed by atoms with Gasteiger partial charge in [-0.25, -0.2) is 19.9 Å². The molecule has 0 aliphatic rings. The van der Waals surface area contributed by atoms with E-state index in [-0.39, 0.29) is 5.69 Å². The Morgan fingerprint density at radius 2 is 0.784 bits per heavy atom. The number of hydrogen-bond acceptors (Lipinski definition) is 5. The fourth-order valence-electron chi connectivity index (χ4n) is 15.7. The molecule has 13 aromatic carbocycles. The van der Waals surface area contributed by atoms with Gasteiger partial charge in [0.25, 0.3) is 0 Å². The first-order chi connectivity index (χ1) is 43.6. The third-order valence-electron chi connectivity index (χ3n) is 19.2. The van der Waals surface area contributed by atoms with Crippen LogP contribution in [0.4, 0.5) is 0 Å². The molecular formula is C79H41N9. The fraction of sp³-hybridized carbons (Fsp3) is 0. The molecule has 21 rings (SSSR count). The molecule has 0 fully saturated rings. The van der Waals surface area contributed by atoms with Crippen molar-refractivity contribution in [3.63, 3.8) is 0 Å². The van der Waals surface area contributed by atoms with Gasteiger partial charge in [-0.05, 0) is 82.6 Å². The number of fused-ring (bicyclic) bond motifs is 26. The highest BCUT2D eigenvalue weighted by molar-refractivity contribution is 6.38. The summed E-state index contributed by atoms with van der Waals surface area (Å²) in [5, 5.41) is 29.5. The van der Waals surface area contributed by atoms with E-state index in [1.165, 1.54) is 54.3 Å². The molecular weight excluding hydrogens is 1070 g/mol. The minimum absolute atomic E-state index is 0.269. The maximum Gasteiger partial charge on any atom is 0.184 e. The maximum atomic E-state index is 10.9. The van der Waals surface area contributed by atoms with Crippen LogP contribution in [-0.4, -0.2) is 37.9 Å². The zero-order valence-electron chi connectivity index (χ0n) is 46.7. The molecule has 0 radical (unpaired) electrons. The molecule has 0 N–H and O–H groups in total. The Morgan fingerprint density at radius 1 is 0.284 bits per heavy atom. The highest BCUT2D eigenvalue weighted by Gasteiger charge is 2.30. The lowest BCUT2D eigenvalue weighted by Gasteiger charge is -2.15. The third-order valence-corrected chi connectivity index (χ3v) is 19.2. The van der Waals surface area contributed by atoms with Gasteiger partial charge in [-0.2, -0.15) is 5.26 Å². The number of aromatic nitrogens is 8. The molecule has 21 aromatic rings. The van der Waals surface area contributed by atoms with E-state index in [4.69, 9.17) is 19.9 Å². The Morgan fingerprint density at radius 3 is 1.45 bits per heavy atom. The van der Waals surface area contributed by atoms with Crippen molar-refractivity contribution in [3.8, 4) is 40.1 Å². The molecule has 0 bridgehead atoms. The quantitative estimate of drug-likeness (QED) is 0.175. The molecule has 8 aromatic heterocycles. The second-order valence-corrected chi connectivity index (χ2v) is 23.5. The fourth-order valence-corrected chi connectivity index (χ4v) is 15.7. The van der Waals surface area contributed by atoms with Gasteiger partial charge in [0.1, 0.15) is 11.8 Å². The average Bonchev–Trinajstić information content (AvgIpc) is 1.53. The van der Waals surface area contributed by atoms with Gasteiger partial charge < -0.3 is 8.80 Å². The monoisotopic (exact) mass is 1120 g/mol. The van der Waals surface area contributed by atoms with Crippen LogP contribution in [0.5, 0.6) is 0 Å². The summed E-state index contributed by atoms with van der Waals surface area (Å²) < 4.78 is 9.61. The summed E-state index contributed by atoms with van der Waals surface area (Å²) in [7, 11) is 0. The molecule has 9 nitrogen and oxygen atoms in total. The van der Waals surface area contributed by atoms with Crippen LogP contribution >= 0.6 is 0 Å². The molecule has 8 heterocycles. The molecule has 88 heavy (non-hydrogen) atoms. The Hall–Kier alpha value is -12.3. The van der Waals surface area contributed by atoms with Crippen LogP contribution in [0.2, 0.25) is 0 Å². The van der Waals surface area contributed by atoms with Crippen LogP contribution < -0.4 is 0 Å². The molecule has 0 spiro atoms. The standard InChI is InChI=1S/C79H41N9/c80-42-63-78(83-60-28-12-11-27-59(60)81-63)87-65-30-14-9-25-52(65)57-41-58-68-47(26-16-32-67(68)86-73-49-22-7-5-18-44(49)34-37-54(73)70(75(57)87)77(58)86)46-35-38-61-62(39-46)82-71(45-19-2-1-3-20-45)79(84-61)88-66-31-15-10-24-51(66)56-40-55-50-23-8-13-29-64(50)85-72-48-21-6-4-17-43(48)33-36-53(72)69(74(55)85)76(56)88/h1-41H. The summed E-state index contributed by atoms with van der Waals surface area (Å²) in [4.78, 5) is 21.8. The van der Waals surface area contributed by atoms with Crippen molar-refractivity contribution in [3.05, 3.63) is 254 Å². The number of rotatable bonds is 4. The third kappa shape index (κ3) is 5.74. The van der Waals surface area contributed by atoms with Gasteiger partial charge in [-0.15, -0.1) is 0 Å². The average molecular weight is 1120 g/mol. The van der Waals surface area contributed by atoms with E-state index < -0.39 is 0 Å². The van der Waals surface area contributed by atoms with Crippen molar-refractivity contribution in [2.24, 2.45) is 0 Å². The molecule has 0 saturated carbocycles. The van der Waals surface area contributed by atoms with E-state index in [2.05, 4.69) is 248 Å². The molecule has 0 atom stereocenters. The predicted molar refractivity (Wildman–Crippen MR) is 361 cm³/mol. The second kappa shape index (κ2) is 16.5. The largest absolute Gasteiger partial charge is 0.307 e. The Labute approximate surface area is 498 Å². The van der Waals surface area contributed by atoms with Crippen LogP contribution in [0.1, 0.15) is 5.69 Å². The normalized spacial score (nSPS) is 12.5. The zero-order chi connectivity index (χ0) is 57.2. The lowest BCUT2D eigenvalue weighted by Crippen LogP contribution is -2.04. The number of hydrogen-bond donors (Lipinski definition) is 0. The van der Waals surface area contributed by atoms with Crippen LogP contribution in [-0.2, 0) is 0 Å². The van der Waals surface area contributed by atoms with Crippen molar-refractivity contribution < 1.29 is 0 Å². The smallest absolute Gasteiger partial charge is 0.184 e. The van der Waals surface area contributed by atoms with Crippen LogP contribution in [0.25, 0.3) is 197 Å². The Bertz CT molecular complexity index is 6750. The van der Waals surface area contributed by atoms with E-state index in [0.717, 1.165) is 132 Å². The molecule has 402 valence electrons. The minimum atomic E-state index is 0.269. The van der Waals surface area contributed by atoms with E-state index in [0.29, 0.717) is 11.3 Å². The summed E-state index contributed by atoms with van der Waals surface area (Å²) in [6, 6.07) is 91.8. The van der Waals surface area contributed by atoms with Crippen LogP contribution in [0.15, 0.2) is 249 Å². The van der Waals surface area contributed by atoms with Crippen molar-refractivity contribution in [2.45, 2.75) is 0 Å². The predicted octanol–water partition coefficient (Wildman–Crippen LogP) is 19.6. The molecule has 0 unspecified atom stereocenters. The van der Waals surface area contributed by atoms with E-state index >= 15 is 0 Å². The molecule has 0 saturated heterocycles. The highest BCUT2D eigenvalue weighted by Crippen LogP contribution is 2.52. The van der Waals surface area contributed by atoms with Gasteiger partial charge in [-0.3, -0.25) is 9.13 Å². The molecule has 0 aliphatic heterocycles. The number of para-hydroxylation sites is 5. The molecule has 0 aliphatic carbocycles. The first-order valence-electron chi connectivity index (χ1n) is 29.8. The number of benzene rings is 13. The SMILES string of the molecule is N#Cc1nc2ccccc2nc1-n1c2ccccc2c2cc3c4c(-c5ccc6nc(-n7c8ccccc8c8cc9c%10ccccc%10n%10c%11c%12ccccc%12ccc%11c(c87)c9%10)c(-c7ccccc7)nc6c5)cccc4n4c5c6ccccc6ccc5c(c21)c34. The van der Waals surface area contributed by atoms with Gasteiger partial charge in [-0.1, -0.05) is 188 Å². The van der Waals surface area contributed by atoms with E-state index in [1.54, 1.807) is 0 Å². The second-order valence-electron chi connectivity index (χ2n) is 23.5. The van der Waals surface area contributed by atoms with Gasteiger partial charge in [0.05, 0.1) is 77.2 Å². The molecule has 9 heteroatoms. The minimum Gasteiger partial charge on any atom is -0.307 e. The Balaban J connectivity index is 0.855. The first-order valence-corrected chi connectivity index (χ1v) is 29.8. The highest BCUT2D eigenvalue weighted by atomic mass is 15.1. The first kappa shape index (κ1) is 46.2. The summed E-state index contributed by atoms with van der Waals surface area (Å²) >= 11 is 0. The summed E-state index contributed by atoms with van der Waals surface area (Å²) in [5.74, 6) is 1.28. The van der Waals surface area contributed by atoms with Crippen molar-refractivity contribution in [1.82, 2.24) is 37.9 Å². The van der Waals surface area contributed by atoms with Crippen molar-refractivity contribution in [2.75, 3.05) is 0 Å². The summed E-state index contributed by atoms with van der Waals surface area (Å²) in [6.07, 6.45) is 0. The van der Waals surface area contributed by atoms with Gasteiger partial charge in [0, 0.05) is 81.0 Å². The number of nitrogens with zero attached hydrogens (tertiary/aromatic N) is 9. The lowest BCUT2D eigenvalue weighted by molar-refractivity contribution is 1.06. The van der Waals surface area contributed by atoms with Gasteiger partial charge in [0.2, 0.25) is 0 Å². The lowest BCUT2D eigenvalue weighted by atomic mass is 9.96. The zero-order valence-corrected chi connectivity index (χ0v) is 46.7. The topological polar surface area (TPSA) is 94.0 Å². The van der Waals surface area contributed by atoms with Crippen LogP contribution in [0, 0.1) is 11.3 Å². The van der Waals surface area contributed by atoms with Crippen molar-refractivity contribution in [1.29, 1.82) is 5.26 Å². The van der Waals surface area contributed by atoms with Gasteiger partial charge >= 0.3 is 0 Å². The molecule has 0 amide bonds. The Kier molecular flexibility index (Phi) is 8.68. The number of nitriles is 1. The van der Waals surface area contributed by atoms with Gasteiger partial charge in [0.15, 0.2) is 17.3 Å². The summed E-state index contributed by atoms with van der Waals surface area (Å²) in [6.45, 7) is 0. The summed E-state index contributed by atoms with van der Waals surface area (Å²) in [5.41, 5.74) is 18.3. The maximum absolute atomic E-state index is 10.9. The van der Waals surface area contributed by atoms with E-state index in [9.17, 15) is 5.26 Å². The van der Waals surface area contributed by atoms with Crippen LogP contribution in [0.3, 0.4) is 0 Å². The van der Waals surface area contributed by atoms with Crippen molar-refractivity contribution >= 4 is 163 Å². The van der Waals surface area contributed by atoms with E-state index in [1.807, 2.05) is 24.3 Å².